The molecule has 5 nitrogen and oxygen atoms in total. The molecular formula is C14H17ClN4OS. The molecule has 2 aromatic rings. The van der Waals surface area contributed by atoms with Crippen molar-refractivity contribution in [2.45, 2.75) is 28.4 Å². The summed E-state index contributed by atoms with van der Waals surface area (Å²) in [5.41, 5.74) is 5.98. The van der Waals surface area contributed by atoms with Crippen molar-refractivity contribution in [1.82, 2.24) is 9.55 Å². The minimum Gasteiger partial charge on any atom is -0.329 e. The van der Waals surface area contributed by atoms with E-state index in [0.717, 1.165) is 28.6 Å². The second kappa shape index (κ2) is 6.09. The van der Waals surface area contributed by atoms with Crippen LogP contribution in [0.15, 0.2) is 46.7 Å². The van der Waals surface area contributed by atoms with Crippen molar-refractivity contribution >= 4 is 35.8 Å². The first kappa shape index (κ1) is 15.9. The number of nitrogens with one attached hydrogen (secondary N) is 1. The number of nitrogens with zero attached hydrogens (tertiary/aromatic N) is 2. The number of aromatic nitrogens is 2. The van der Waals surface area contributed by atoms with E-state index in [1.807, 2.05) is 42.1 Å². The van der Waals surface area contributed by atoms with Crippen molar-refractivity contribution in [3.8, 4) is 0 Å². The van der Waals surface area contributed by atoms with Gasteiger partial charge in [0.25, 0.3) is 0 Å². The number of aryl methyl sites for hydroxylation is 1. The maximum absolute atomic E-state index is 11.8. The zero-order valence-electron chi connectivity index (χ0n) is 11.6. The largest absolute Gasteiger partial charge is 0.329 e. The van der Waals surface area contributed by atoms with Gasteiger partial charge in [-0.2, -0.15) is 0 Å². The van der Waals surface area contributed by atoms with Crippen LogP contribution in [0.2, 0.25) is 0 Å². The first-order valence-electron chi connectivity index (χ1n) is 6.42. The van der Waals surface area contributed by atoms with Gasteiger partial charge in [-0.25, -0.2) is 4.98 Å². The minimum absolute atomic E-state index is 0. The molecule has 1 saturated carbocycles. The van der Waals surface area contributed by atoms with Crippen molar-refractivity contribution in [1.29, 1.82) is 0 Å². The Kier molecular flexibility index (Phi) is 4.61. The van der Waals surface area contributed by atoms with E-state index >= 15 is 0 Å². The summed E-state index contributed by atoms with van der Waals surface area (Å²) in [6.45, 7) is 0. The fourth-order valence-corrected chi connectivity index (χ4v) is 2.58. The van der Waals surface area contributed by atoms with E-state index in [9.17, 15) is 4.79 Å². The van der Waals surface area contributed by atoms with Crippen molar-refractivity contribution in [2.24, 2.45) is 12.8 Å². The summed E-state index contributed by atoms with van der Waals surface area (Å²) >= 11 is 1.58. The zero-order chi connectivity index (χ0) is 14.2. The van der Waals surface area contributed by atoms with Crippen molar-refractivity contribution in [2.75, 3.05) is 5.32 Å². The first-order valence-corrected chi connectivity index (χ1v) is 7.24. The van der Waals surface area contributed by atoms with Gasteiger partial charge in [0.05, 0.1) is 5.54 Å². The summed E-state index contributed by atoms with van der Waals surface area (Å²) in [7, 11) is 1.96. The Morgan fingerprint density at radius 2 is 2.05 bits per heavy atom. The molecule has 1 aromatic heterocycles. The maximum atomic E-state index is 11.8. The van der Waals surface area contributed by atoms with Crippen LogP contribution in [0.4, 0.5) is 5.69 Å². The molecule has 1 aliphatic rings. The third kappa shape index (κ3) is 3.58. The molecule has 1 aromatic carbocycles. The molecule has 7 heteroatoms. The van der Waals surface area contributed by atoms with Gasteiger partial charge in [0.2, 0.25) is 5.91 Å². The molecule has 0 bridgehead atoms. The lowest BCUT2D eigenvalue weighted by molar-refractivity contribution is -0.118. The number of carbonyl (C=O) groups is 1. The second-order valence-corrected chi connectivity index (χ2v) is 6.10. The summed E-state index contributed by atoms with van der Waals surface area (Å²) in [5.74, 6) is -0.0954. The Balaban J connectivity index is 0.00000161. The molecule has 0 radical (unpaired) electrons. The predicted octanol–water partition coefficient (Wildman–Crippen LogP) is 2.42. The number of nitrogens with two attached hydrogens (primary N) is 1. The number of carbonyl (C=O) groups excluding carboxylic acids is 1. The van der Waals surface area contributed by atoms with E-state index in [-0.39, 0.29) is 18.3 Å². The van der Waals surface area contributed by atoms with Crippen LogP contribution >= 0.6 is 24.2 Å². The number of anilines is 1. The zero-order valence-corrected chi connectivity index (χ0v) is 13.2. The first-order chi connectivity index (χ1) is 9.57. The summed E-state index contributed by atoms with van der Waals surface area (Å²) in [4.78, 5) is 17.2. The van der Waals surface area contributed by atoms with Gasteiger partial charge in [-0.3, -0.25) is 4.79 Å². The summed E-state index contributed by atoms with van der Waals surface area (Å²) < 4.78 is 1.96. The smallest absolute Gasteiger partial charge is 0.244 e. The van der Waals surface area contributed by atoms with E-state index in [1.165, 1.54) is 0 Å². The Morgan fingerprint density at radius 3 is 2.57 bits per heavy atom. The molecular weight excluding hydrogens is 308 g/mol. The van der Waals surface area contributed by atoms with Crippen molar-refractivity contribution < 1.29 is 4.79 Å². The van der Waals surface area contributed by atoms with Crippen molar-refractivity contribution in [3.63, 3.8) is 0 Å². The monoisotopic (exact) mass is 324 g/mol. The molecule has 0 atom stereocenters. The van der Waals surface area contributed by atoms with Gasteiger partial charge in [0.1, 0.15) is 0 Å². The van der Waals surface area contributed by atoms with Gasteiger partial charge in [0.15, 0.2) is 5.16 Å². The molecule has 0 saturated heterocycles. The molecule has 21 heavy (non-hydrogen) atoms. The highest BCUT2D eigenvalue weighted by Gasteiger charge is 2.45. The summed E-state index contributed by atoms with van der Waals surface area (Å²) in [5, 5.41) is 3.78. The average Bonchev–Trinajstić information content (AvgIpc) is 3.07. The highest BCUT2D eigenvalue weighted by atomic mass is 35.5. The van der Waals surface area contributed by atoms with Gasteiger partial charge in [-0.1, -0.05) is 11.8 Å². The molecule has 112 valence electrons. The van der Waals surface area contributed by atoms with Crippen LogP contribution in [0.3, 0.4) is 0 Å². The lowest BCUT2D eigenvalue weighted by Crippen LogP contribution is -2.37. The highest BCUT2D eigenvalue weighted by Crippen LogP contribution is 2.33. The molecule has 1 fully saturated rings. The second-order valence-electron chi connectivity index (χ2n) is 5.06. The third-order valence-corrected chi connectivity index (χ3v) is 4.42. The molecule has 0 aliphatic heterocycles. The number of imidazole rings is 1. The van der Waals surface area contributed by atoms with Crippen LogP contribution in [0.25, 0.3) is 0 Å². The molecule has 0 unspecified atom stereocenters. The number of halogens is 1. The molecule has 3 N–H and O–H groups in total. The number of hydrogen-bond acceptors (Lipinski definition) is 4. The van der Waals surface area contributed by atoms with Crippen LogP contribution in [0, 0.1) is 0 Å². The topological polar surface area (TPSA) is 72.9 Å². The van der Waals surface area contributed by atoms with Crippen molar-refractivity contribution in [3.05, 3.63) is 36.7 Å². The Hall–Kier alpha value is -1.50. The van der Waals surface area contributed by atoms with E-state index < -0.39 is 5.54 Å². The van der Waals surface area contributed by atoms with E-state index in [0.29, 0.717) is 0 Å². The predicted molar refractivity (Wildman–Crippen MR) is 85.8 cm³/mol. The van der Waals surface area contributed by atoms with Gasteiger partial charge in [-0.15, -0.1) is 12.4 Å². The number of rotatable bonds is 4. The van der Waals surface area contributed by atoms with Crippen LogP contribution < -0.4 is 11.1 Å². The van der Waals surface area contributed by atoms with Crippen LogP contribution in [0.5, 0.6) is 0 Å². The lowest BCUT2D eigenvalue weighted by atomic mass is 10.2. The van der Waals surface area contributed by atoms with E-state index in [1.54, 1.807) is 18.0 Å². The number of benzene rings is 1. The van der Waals surface area contributed by atoms with E-state index in [4.69, 9.17) is 5.73 Å². The van der Waals surface area contributed by atoms with E-state index in [2.05, 4.69) is 10.3 Å². The fourth-order valence-electron chi connectivity index (χ4n) is 1.78. The Labute approximate surface area is 133 Å². The van der Waals surface area contributed by atoms with Gasteiger partial charge < -0.3 is 15.6 Å². The lowest BCUT2D eigenvalue weighted by Gasteiger charge is -2.10. The Morgan fingerprint density at radius 1 is 1.38 bits per heavy atom. The third-order valence-electron chi connectivity index (χ3n) is 3.34. The fraction of sp³-hybridized carbons (Fsp3) is 0.286. The molecule has 1 heterocycles. The normalized spacial score (nSPS) is 15.1. The standard InChI is InChI=1S/C14H16N4OS.ClH/c1-18-9-8-16-13(18)20-11-4-2-10(3-5-11)17-12(19)14(15)6-7-14;/h2-5,8-9H,6-7,15H2,1H3,(H,17,19);1H. The van der Waals surface area contributed by atoms with Crippen LogP contribution in [-0.2, 0) is 11.8 Å². The Bertz CT molecular complexity index is 637. The number of amides is 1. The average molecular weight is 325 g/mol. The molecule has 1 aliphatic carbocycles. The highest BCUT2D eigenvalue weighted by molar-refractivity contribution is 7.99. The summed E-state index contributed by atoms with van der Waals surface area (Å²) in [6, 6.07) is 7.69. The molecule has 3 rings (SSSR count). The maximum Gasteiger partial charge on any atom is 0.244 e. The SMILES string of the molecule is Cl.Cn1ccnc1Sc1ccc(NC(=O)C2(N)CC2)cc1. The van der Waals surface area contributed by atoms with Gasteiger partial charge >= 0.3 is 0 Å². The minimum atomic E-state index is -0.639. The summed E-state index contributed by atoms with van der Waals surface area (Å²) in [6.07, 6.45) is 5.22. The van der Waals surface area contributed by atoms with Crippen LogP contribution in [0.1, 0.15) is 12.8 Å². The quantitative estimate of drug-likeness (QED) is 0.906. The van der Waals surface area contributed by atoms with Gasteiger partial charge in [0, 0.05) is 30.0 Å². The molecule has 1 amide bonds. The number of hydrogen-bond donors (Lipinski definition) is 2. The van der Waals surface area contributed by atoms with Crippen LogP contribution in [-0.4, -0.2) is 21.0 Å². The molecule has 0 spiro atoms. The van der Waals surface area contributed by atoms with Gasteiger partial charge in [-0.05, 0) is 37.1 Å².